The molecule has 2 bridgehead atoms. The average molecular weight is 356 g/mol. The van der Waals surface area contributed by atoms with E-state index in [0.717, 1.165) is 16.0 Å². The van der Waals surface area contributed by atoms with Gasteiger partial charge in [0.15, 0.2) is 0 Å². The second-order valence-corrected chi connectivity index (χ2v) is 7.80. The van der Waals surface area contributed by atoms with E-state index in [1.165, 1.54) is 0 Å². The molecule has 3 rings (SSSR count). The van der Waals surface area contributed by atoms with Crippen molar-refractivity contribution < 1.29 is 23.1 Å². The number of likely N-dealkylation sites (tertiary alicyclic amines) is 1. The maximum atomic E-state index is 13.0. The Morgan fingerprint density at radius 3 is 2.52 bits per heavy atom. The zero-order valence-electron chi connectivity index (χ0n) is 14.8. The van der Waals surface area contributed by atoms with Gasteiger partial charge in [0, 0.05) is 25.0 Å². The van der Waals surface area contributed by atoms with Crippen molar-refractivity contribution >= 4 is 11.6 Å². The summed E-state index contributed by atoms with van der Waals surface area (Å²) in [7, 11) is 1.71. The average Bonchev–Trinajstić information content (AvgIpc) is 2.49. The van der Waals surface area contributed by atoms with E-state index in [2.05, 4.69) is 5.32 Å². The molecule has 1 unspecified atom stereocenters. The Balaban J connectivity index is 2.13. The van der Waals surface area contributed by atoms with Crippen molar-refractivity contribution in [3.05, 3.63) is 23.3 Å². The largest absolute Gasteiger partial charge is 0.506 e. The number of phenols is 1. The molecule has 4 nitrogen and oxygen atoms in total. The zero-order chi connectivity index (χ0) is 18.8. The smallest absolute Gasteiger partial charge is 0.471 e. The van der Waals surface area contributed by atoms with Crippen LogP contribution in [-0.4, -0.2) is 41.7 Å². The van der Waals surface area contributed by atoms with E-state index in [0.29, 0.717) is 18.5 Å². The highest BCUT2D eigenvalue weighted by Gasteiger charge is 2.59. The number of anilines is 1. The first-order chi connectivity index (χ1) is 11.4. The van der Waals surface area contributed by atoms with Gasteiger partial charge in [0.05, 0.1) is 5.69 Å². The highest BCUT2D eigenvalue weighted by Crippen LogP contribution is 2.57. The molecule has 1 aromatic carbocycles. The summed E-state index contributed by atoms with van der Waals surface area (Å²) in [6, 6.07) is 2.94. The molecule has 2 N–H and O–H groups in total. The van der Waals surface area contributed by atoms with E-state index in [1.54, 1.807) is 13.1 Å². The van der Waals surface area contributed by atoms with Gasteiger partial charge in [0.1, 0.15) is 5.75 Å². The molecule has 2 atom stereocenters. The molecule has 1 aliphatic heterocycles. The summed E-state index contributed by atoms with van der Waals surface area (Å²) >= 11 is 0. The molecule has 1 saturated heterocycles. The van der Waals surface area contributed by atoms with Crippen LogP contribution in [0.3, 0.4) is 0 Å². The topological polar surface area (TPSA) is 52.6 Å². The Labute approximate surface area is 145 Å². The fourth-order valence-electron chi connectivity index (χ4n) is 4.56. The number of hydrogen-bond acceptors (Lipinski definition) is 3. The third-order valence-corrected chi connectivity index (χ3v) is 6.49. The van der Waals surface area contributed by atoms with Gasteiger partial charge in [-0.25, -0.2) is 0 Å². The minimum absolute atomic E-state index is 0.0660. The Morgan fingerprint density at radius 1 is 1.32 bits per heavy atom. The number of alkyl halides is 3. The van der Waals surface area contributed by atoms with Gasteiger partial charge in [-0.1, -0.05) is 20.8 Å². The number of benzene rings is 1. The van der Waals surface area contributed by atoms with Crippen LogP contribution in [0.15, 0.2) is 12.1 Å². The predicted octanol–water partition coefficient (Wildman–Crippen LogP) is 3.44. The van der Waals surface area contributed by atoms with Crippen LogP contribution >= 0.6 is 0 Å². The van der Waals surface area contributed by atoms with Gasteiger partial charge in [-0.15, -0.1) is 0 Å². The van der Waals surface area contributed by atoms with Gasteiger partial charge >= 0.3 is 12.1 Å². The van der Waals surface area contributed by atoms with Crippen molar-refractivity contribution in [2.45, 2.75) is 51.2 Å². The number of carbonyl (C=O) groups is 1. The molecule has 0 radical (unpaired) electrons. The van der Waals surface area contributed by atoms with Crippen LogP contribution in [0.2, 0.25) is 0 Å². The summed E-state index contributed by atoms with van der Waals surface area (Å²) in [6.45, 7) is 5.99. The van der Waals surface area contributed by atoms with Crippen molar-refractivity contribution in [1.82, 2.24) is 4.90 Å². The number of piperidine rings is 1. The Bertz CT molecular complexity index is 730. The van der Waals surface area contributed by atoms with E-state index in [9.17, 15) is 23.1 Å². The quantitative estimate of drug-likeness (QED) is 0.758. The number of hydrogen-bond donors (Lipinski definition) is 2. The second kappa shape index (κ2) is 5.29. The fourth-order valence-corrected chi connectivity index (χ4v) is 4.56. The van der Waals surface area contributed by atoms with Gasteiger partial charge in [-0.05, 0) is 41.5 Å². The van der Waals surface area contributed by atoms with E-state index in [-0.39, 0.29) is 17.7 Å². The first-order valence-corrected chi connectivity index (χ1v) is 8.35. The number of halogens is 3. The van der Waals surface area contributed by atoms with Crippen molar-refractivity contribution in [2.75, 3.05) is 18.9 Å². The third-order valence-electron chi connectivity index (χ3n) is 6.49. The lowest BCUT2D eigenvalue weighted by Gasteiger charge is -2.60. The van der Waals surface area contributed by atoms with Crippen LogP contribution in [0.25, 0.3) is 0 Å². The number of carbonyl (C=O) groups excluding carboxylic acids is 1. The summed E-state index contributed by atoms with van der Waals surface area (Å²) in [5.74, 6) is -1.71. The second-order valence-electron chi connectivity index (χ2n) is 7.80. The molecule has 1 heterocycles. The molecule has 25 heavy (non-hydrogen) atoms. The highest BCUT2D eigenvalue weighted by atomic mass is 19.4. The lowest BCUT2D eigenvalue weighted by Crippen LogP contribution is -2.66. The summed E-state index contributed by atoms with van der Waals surface area (Å²) in [5.41, 5.74) is 1.54. The molecule has 7 heteroatoms. The molecule has 2 aliphatic rings. The lowest BCUT2D eigenvalue weighted by molar-refractivity contribution is -0.195. The van der Waals surface area contributed by atoms with Crippen molar-refractivity contribution in [1.29, 1.82) is 0 Å². The summed E-state index contributed by atoms with van der Waals surface area (Å²) in [4.78, 5) is 12.9. The Hall–Kier alpha value is -1.92. The van der Waals surface area contributed by atoms with E-state index in [1.807, 2.05) is 26.8 Å². The van der Waals surface area contributed by atoms with E-state index < -0.39 is 23.5 Å². The minimum Gasteiger partial charge on any atom is -0.506 e. The zero-order valence-corrected chi connectivity index (χ0v) is 14.8. The van der Waals surface area contributed by atoms with Gasteiger partial charge in [-0.2, -0.15) is 13.2 Å². The van der Waals surface area contributed by atoms with Crippen molar-refractivity contribution in [2.24, 2.45) is 5.41 Å². The number of nitrogens with one attached hydrogen (secondary N) is 1. The number of rotatable bonds is 1. The summed E-state index contributed by atoms with van der Waals surface area (Å²) in [6.07, 6.45) is -4.13. The molecule has 0 spiro atoms. The molecule has 138 valence electrons. The Kier molecular flexibility index (Phi) is 3.78. The van der Waals surface area contributed by atoms with E-state index in [4.69, 9.17) is 0 Å². The standard InChI is InChI=1S/C18H23F3N2O2/c1-16(2)14-8-10-7-13(24)12(22-4)9-11(10)17(16,3)5-6-23(14)15(25)18(19,20)21/h7,9,14,22,24H,5-6,8H2,1-4H3/t14-,17?/m1/s1. The lowest BCUT2D eigenvalue weighted by atomic mass is 9.51. The predicted molar refractivity (Wildman–Crippen MR) is 88.7 cm³/mol. The van der Waals surface area contributed by atoms with E-state index >= 15 is 0 Å². The maximum absolute atomic E-state index is 13.0. The fraction of sp³-hybridized carbons (Fsp3) is 0.611. The minimum atomic E-state index is -4.87. The third kappa shape index (κ3) is 2.39. The van der Waals surface area contributed by atoms with Crippen LogP contribution in [0.1, 0.15) is 38.3 Å². The highest BCUT2D eigenvalue weighted by molar-refractivity contribution is 5.82. The maximum Gasteiger partial charge on any atom is 0.471 e. The molecule has 1 aromatic rings. The number of fused-ring (bicyclic) bond motifs is 4. The first-order valence-electron chi connectivity index (χ1n) is 8.35. The molecular weight excluding hydrogens is 333 g/mol. The number of aromatic hydroxyl groups is 1. The van der Waals surface area contributed by atoms with Crippen molar-refractivity contribution in [3.8, 4) is 5.75 Å². The summed E-state index contributed by atoms with van der Waals surface area (Å²) in [5, 5.41) is 13.1. The molecule has 0 aromatic heterocycles. The van der Waals surface area contributed by atoms with Gasteiger partial charge in [-0.3, -0.25) is 4.79 Å². The number of amides is 1. The van der Waals surface area contributed by atoms with Crippen molar-refractivity contribution in [3.63, 3.8) is 0 Å². The van der Waals surface area contributed by atoms with Gasteiger partial charge in [0.2, 0.25) is 0 Å². The molecule has 0 saturated carbocycles. The van der Waals surface area contributed by atoms with Crippen LogP contribution in [0.4, 0.5) is 18.9 Å². The number of nitrogens with zero attached hydrogens (tertiary/aromatic N) is 1. The van der Waals surface area contributed by atoms with Crippen LogP contribution in [-0.2, 0) is 16.6 Å². The van der Waals surface area contributed by atoms with Crippen LogP contribution in [0.5, 0.6) is 5.75 Å². The van der Waals surface area contributed by atoms with Gasteiger partial charge < -0.3 is 15.3 Å². The van der Waals surface area contributed by atoms with Crippen LogP contribution < -0.4 is 5.32 Å². The first kappa shape index (κ1) is 17.9. The van der Waals surface area contributed by atoms with Crippen LogP contribution in [0, 0.1) is 5.41 Å². The van der Waals surface area contributed by atoms with Gasteiger partial charge in [0.25, 0.3) is 0 Å². The SMILES string of the molecule is CNc1cc2c(cc1O)C[C@H]1N(C(=O)C(F)(F)F)CCC2(C)C1(C)C. The molecule has 1 aliphatic carbocycles. The molecular formula is C18H23F3N2O2. The molecule has 1 amide bonds. The molecule has 1 fully saturated rings. The Morgan fingerprint density at radius 2 is 1.96 bits per heavy atom. The monoisotopic (exact) mass is 356 g/mol. The summed E-state index contributed by atoms with van der Waals surface area (Å²) < 4.78 is 39.1. The normalized spacial score (nSPS) is 27.6. The number of phenolic OH excluding ortho intramolecular Hbond substituents is 1.